The summed E-state index contributed by atoms with van der Waals surface area (Å²) in [5, 5.41) is 10.5. The van der Waals surface area contributed by atoms with Crippen LogP contribution in [0.4, 0.5) is 17.6 Å². The van der Waals surface area contributed by atoms with Crippen LogP contribution in [-0.4, -0.2) is 34.9 Å². The molecule has 0 aromatic rings. The van der Waals surface area contributed by atoms with Crippen LogP contribution in [0.2, 0.25) is 0 Å². The lowest BCUT2D eigenvalue weighted by molar-refractivity contribution is -0.171. The summed E-state index contributed by atoms with van der Waals surface area (Å²) in [6, 6.07) is 0. The number of carbonyl (C=O) groups is 2. The van der Waals surface area contributed by atoms with E-state index in [4.69, 9.17) is 5.11 Å². The van der Waals surface area contributed by atoms with Gasteiger partial charge in [0.2, 0.25) is 0 Å². The average Bonchev–Trinajstić information content (AvgIpc) is 2.64. The van der Waals surface area contributed by atoms with E-state index in [0.29, 0.717) is 12.8 Å². The standard InChI is InChI=1S/C10H13F4NO3/c11-7(12)10(13,14)8(18)15-9(5-6(16)17)3-1-2-4-9/h7H,1-5H2,(H,15,18)(H,16,17). The molecule has 1 saturated carbocycles. The first kappa shape index (κ1) is 14.7. The minimum Gasteiger partial charge on any atom is -0.481 e. The molecule has 0 unspecified atom stereocenters. The van der Waals surface area contributed by atoms with Crippen molar-refractivity contribution < 1.29 is 32.3 Å². The molecule has 1 fully saturated rings. The quantitative estimate of drug-likeness (QED) is 0.749. The summed E-state index contributed by atoms with van der Waals surface area (Å²) < 4.78 is 49.6. The van der Waals surface area contributed by atoms with E-state index in [9.17, 15) is 27.2 Å². The topological polar surface area (TPSA) is 66.4 Å². The number of rotatable bonds is 5. The summed E-state index contributed by atoms with van der Waals surface area (Å²) >= 11 is 0. The third-order valence-electron chi connectivity index (χ3n) is 3.01. The predicted molar refractivity (Wildman–Crippen MR) is 52.5 cm³/mol. The van der Waals surface area contributed by atoms with E-state index in [2.05, 4.69) is 0 Å². The van der Waals surface area contributed by atoms with Gasteiger partial charge in [-0.2, -0.15) is 8.78 Å². The van der Waals surface area contributed by atoms with E-state index in [-0.39, 0.29) is 12.8 Å². The van der Waals surface area contributed by atoms with Crippen LogP contribution in [0.1, 0.15) is 32.1 Å². The Hall–Kier alpha value is -1.34. The molecule has 0 heterocycles. The Morgan fingerprint density at radius 2 is 1.78 bits per heavy atom. The molecule has 104 valence electrons. The maximum absolute atomic E-state index is 12.8. The van der Waals surface area contributed by atoms with Crippen molar-refractivity contribution in [2.75, 3.05) is 0 Å². The highest BCUT2D eigenvalue weighted by Gasteiger charge is 2.52. The minimum atomic E-state index is -4.80. The van der Waals surface area contributed by atoms with Crippen LogP contribution < -0.4 is 5.32 Å². The molecule has 1 rings (SSSR count). The van der Waals surface area contributed by atoms with Crippen LogP contribution in [0.15, 0.2) is 0 Å². The second-order valence-corrected chi connectivity index (χ2v) is 4.44. The van der Waals surface area contributed by atoms with Gasteiger partial charge in [0.15, 0.2) is 0 Å². The lowest BCUT2D eigenvalue weighted by atomic mass is 9.93. The Bertz CT molecular complexity index is 340. The fourth-order valence-electron chi connectivity index (χ4n) is 2.11. The highest BCUT2D eigenvalue weighted by atomic mass is 19.3. The molecule has 1 aliphatic rings. The van der Waals surface area contributed by atoms with Crippen molar-refractivity contribution in [2.45, 2.75) is 50.0 Å². The Balaban J connectivity index is 2.79. The zero-order valence-electron chi connectivity index (χ0n) is 9.39. The fraction of sp³-hybridized carbons (Fsp3) is 0.800. The number of carboxylic acids is 1. The van der Waals surface area contributed by atoms with E-state index in [1.54, 1.807) is 5.32 Å². The number of carboxylic acid groups (broad SMARTS) is 1. The summed E-state index contributed by atoms with van der Waals surface area (Å²) in [6.45, 7) is 0. The Kier molecular flexibility index (Phi) is 4.18. The van der Waals surface area contributed by atoms with Crippen molar-refractivity contribution in [3.05, 3.63) is 0 Å². The third kappa shape index (κ3) is 3.11. The SMILES string of the molecule is O=C(O)CC1(NC(=O)C(F)(F)C(F)F)CCCC1. The Morgan fingerprint density at radius 3 is 2.17 bits per heavy atom. The minimum absolute atomic E-state index is 0.199. The third-order valence-corrected chi connectivity index (χ3v) is 3.01. The van der Waals surface area contributed by atoms with Gasteiger partial charge in [-0.15, -0.1) is 0 Å². The largest absolute Gasteiger partial charge is 0.481 e. The van der Waals surface area contributed by atoms with Gasteiger partial charge in [-0.3, -0.25) is 9.59 Å². The molecule has 1 amide bonds. The van der Waals surface area contributed by atoms with Crippen molar-refractivity contribution in [2.24, 2.45) is 0 Å². The van der Waals surface area contributed by atoms with Crippen LogP contribution in [0, 0.1) is 0 Å². The van der Waals surface area contributed by atoms with Crippen molar-refractivity contribution in [3.63, 3.8) is 0 Å². The molecule has 2 N–H and O–H groups in total. The van der Waals surface area contributed by atoms with Gasteiger partial charge in [0, 0.05) is 0 Å². The van der Waals surface area contributed by atoms with E-state index < -0.39 is 36.2 Å². The normalized spacial score (nSPS) is 18.9. The molecule has 0 saturated heterocycles. The smallest absolute Gasteiger partial charge is 0.383 e. The van der Waals surface area contributed by atoms with Gasteiger partial charge in [-0.05, 0) is 12.8 Å². The van der Waals surface area contributed by atoms with E-state index in [1.807, 2.05) is 0 Å². The molecular weight excluding hydrogens is 258 g/mol. The average molecular weight is 271 g/mol. The van der Waals surface area contributed by atoms with E-state index in [0.717, 1.165) is 0 Å². The Labute approximate surface area is 100 Å². The summed E-state index contributed by atoms with van der Waals surface area (Å²) in [7, 11) is 0. The zero-order chi connectivity index (χ0) is 14.0. The highest BCUT2D eigenvalue weighted by molar-refractivity contribution is 5.85. The van der Waals surface area contributed by atoms with E-state index >= 15 is 0 Å². The molecule has 4 nitrogen and oxygen atoms in total. The van der Waals surface area contributed by atoms with Crippen LogP contribution in [0.5, 0.6) is 0 Å². The maximum atomic E-state index is 12.8. The van der Waals surface area contributed by atoms with E-state index in [1.165, 1.54) is 0 Å². The molecule has 1 aliphatic carbocycles. The number of hydrogen-bond acceptors (Lipinski definition) is 2. The first-order valence-corrected chi connectivity index (χ1v) is 5.40. The number of halogens is 4. The van der Waals surface area contributed by atoms with Crippen molar-refractivity contribution in [1.82, 2.24) is 5.32 Å². The number of hydrogen-bond donors (Lipinski definition) is 2. The Morgan fingerprint density at radius 1 is 1.28 bits per heavy atom. The first-order valence-electron chi connectivity index (χ1n) is 5.40. The summed E-state index contributed by atoms with van der Waals surface area (Å²) in [5.41, 5.74) is -1.33. The van der Waals surface area contributed by atoms with Gasteiger partial charge in [0.1, 0.15) is 0 Å². The molecule has 0 aromatic carbocycles. The summed E-state index contributed by atoms with van der Waals surface area (Å²) in [5.74, 6) is -8.17. The first-order chi connectivity index (χ1) is 8.19. The van der Waals surface area contributed by atoms with Crippen molar-refractivity contribution in [1.29, 1.82) is 0 Å². The number of aliphatic carboxylic acids is 1. The number of carbonyl (C=O) groups excluding carboxylic acids is 1. The lowest BCUT2D eigenvalue weighted by Crippen LogP contribution is -2.55. The second kappa shape index (κ2) is 5.11. The van der Waals surface area contributed by atoms with Gasteiger partial charge >= 0.3 is 18.3 Å². The molecular formula is C10H13F4NO3. The van der Waals surface area contributed by atoms with Gasteiger partial charge in [-0.25, -0.2) is 8.78 Å². The van der Waals surface area contributed by atoms with Gasteiger partial charge in [0.25, 0.3) is 5.91 Å². The van der Waals surface area contributed by atoms with Crippen LogP contribution >= 0.6 is 0 Å². The van der Waals surface area contributed by atoms with Crippen LogP contribution in [-0.2, 0) is 9.59 Å². The maximum Gasteiger partial charge on any atom is 0.383 e. The number of nitrogens with one attached hydrogen (secondary N) is 1. The highest BCUT2D eigenvalue weighted by Crippen LogP contribution is 2.34. The second-order valence-electron chi connectivity index (χ2n) is 4.44. The molecule has 0 atom stereocenters. The molecule has 8 heteroatoms. The van der Waals surface area contributed by atoms with Crippen molar-refractivity contribution >= 4 is 11.9 Å². The monoisotopic (exact) mass is 271 g/mol. The van der Waals surface area contributed by atoms with Gasteiger partial charge < -0.3 is 10.4 Å². The molecule has 0 radical (unpaired) electrons. The van der Waals surface area contributed by atoms with Crippen LogP contribution in [0.3, 0.4) is 0 Å². The molecule has 0 aliphatic heterocycles. The summed E-state index contributed by atoms with van der Waals surface area (Å²) in [6.07, 6.45) is -3.13. The summed E-state index contributed by atoms with van der Waals surface area (Å²) in [4.78, 5) is 21.8. The number of alkyl halides is 4. The number of amides is 1. The predicted octanol–water partition coefficient (Wildman–Crippen LogP) is 1.79. The molecule has 18 heavy (non-hydrogen) atoms. The molecule has 0 bridgehead atoms. The van der Waals surface area contributed by atoms with Crippen LogP contribution in [0.25, 0.3) is 0 Å². The van der Waals surface area contributed by atoms with Gasteiger partial charge in [0.05, 0.1) is 12.0 Å². The lowest BCUT2D eigenvalue weighted by Gasteiger charge is -2.30. The zero-order valence-corrected chi connectivity index (χ0v) is 9.39. The van der Waals surface area contributed by atoms with Gasteiger partial charge in [-0.1, -0.05) is 12.8 Å². The molecule has 0 aromatic heterocycles. The van der Waals surface area contributed by atoms with Crippen molar-refractivity contribution in [3.8, 4) is 0 Å². The fourth-order valence-corrected chi connectivity index (χ4v) is 2.11. The molecule has 0 spiro atoms.